The fraction of sp³-hybridized carbons (Fsp3) is 0.385. The Morgan fingerprint density at radius 3 is 2.50 bits per heavy atom. The smallest absolute Gasteiger partial charge is 0.308 e. The molecule has 1 atom stereocenters. The average Bonchev–Trinajstić information content (AvgIpc) is 2.86. The Kier molecular flexibility index (Phi) is 3.80. The van der Waals surface area contributed by atoms with Gasteiger partial charge < -0.3 is 10.0 Å². The predicted octanol–water partition coefficient (Wildman–Crippen LogP) is 0.637. The average molecular weight is 297 g/mol. The van der Waals surface area contributed by atoms with Crippen molar-refractivity contribution in [2.24, 2.45) is 5.92 Å². The zero-order valence-electron chi connectivity index (χ0n) is 10.9. The zero-order valence-corrected chi connectivity index (χ0v) is 11.8. The maximum atomic E-state index is 12.4. The molecule has 7 heteroatoms. The Balaban J connectivity index is 2.30. The third-order valence-corrected chi connectivity index (χ3v) is 4.50. The maximum Gasteiger partial charge on any atom is 0.308 e. The summed E-state index contributed by atoms with van der Waals surface area (Å²) >= 11 is 0. The summed E-state index contributed by atoms with van der Waals surface area (Å²) < 4.78 is 23.4. The highest BCUT2D eigenvalue weighted by Gasteiger charge is 2.32. The van der Waals surface area contributed by atoms with Gasteiger partial charge in [-0.15, -0.1) is 0 Å². The Morgan fingerprint density at radius 1 is 1.30 bits per heavy atom. The van der Waals surface area contributed by atoms with Crippen LogP contribution in [0.5, 0.6) is 0 Å². The van der Waals surface area contributed by atoms with Gasteiger partial charge in [-0.2, -0.15) is 0 Å². The van der Waals surface area contributed by atoms with Crippen molar-refractivity contribution in [2.45, 2.75) is 11.3 Å². The minimum Gasteiger partial charge on any atom is -0.481 e. The lowest BCUT2D eigenvalue weighted by molar-refractivity contribution is -0.141. The lowest BCUT2D eigenvalue weighted by Gasteiger charge is -2.17. The van der Waals surface area contributed by atoms with Crippen LogP contribution in [0.2, 0.25) is 0 Å². The van der Waals surface area contributed by atoms with Crippen LogP contribution in [0, 0.1) is 5.92 Å². The lowest BCUT2D eigenvalue weighted by atomic mass is 10.1. The minimum atomic E-state index is -3.50. The monoisotopic (exact) mass is 297 g/mol. The van der Waals surface area contributed by atoms with Crippen LogP contribution in [0.3, 0.4) is 0 Å². The first-order valence-electron chi connectivity index (χ1n) is 6.12. The molecule has 1 unspecified atom stereocenters. The van der Waals surface area contributed by atoms with E-state index in [9.17, 15) is 18.0 Å². The molecule has 1 aliphatic heterocycles. The van der Waals surface area contributed by atoms with Crippen molar-refractivity contribution in [2.75, 3.05) is 19.3 Å². The summed E-state index contributed by atoms with van der Waals surface area (Å²) in [6.45, 7) is 0.445. The van der Waals surface area contributed by atoms with Crippen molar-refractivity contribution >= 4 is 21.7 Å². The van der Waals surface area contributed by atoms with E-state index in [1.165, 1.54) is 17.0 Å². The van der Waals surface area contributed by atoms with Crippen LogP contribution in [0.4, 0.5) is 0 Å². The molecule has 108 valence electrons. The van der Waals surface area contributed by atoms with E-state index in [4.69, 9.17) is 5.11 Å². The fourth-order valence-electron chi connectivity index (χ4n) is 2.28. The van der Waals surface area contributed by atoms with E-state index in [0.29, 0.717) is 13.0 Å². The fourth-order valence-corrected chi connectivity index (χ4v) is 3.16. The van der Waals surface area contributed by atoms with Gasteiger partial charge >= 0.3 is 5.97 Å². The number of hydrogen-bond donors (Lipinski definition) is 1. The maximum absolute atomic E-state index is 12.4. The minimum absolute atomic E-state index is 0.0243. The number of sulfone groups is 1. The Labute approximate surface area is 116 Å². The number of carboxylic acids is 1. The van der Waals surface area contributed by atoms with Crippen LogP contribution in [-0.2, 0) is 14.6 Å². The van der Waals surface area contributed by atoms with Crippen LogP contribution in [0.15, 0.2) is 29.2 Å². The molecule has 20 heavy (non-hydrogen) atoms. The molecule has 1 aliphatic rings. The van der Waals surface area contributed by atoms with E-state index in [1.807, 2.05) is 0 Å². The highest BCUT2D eigenvalue weighted by molar-refractivity contribution is 7.90. The van der Waals surface area contributed by atoms with Crippen molar-refractivity contribution in [3.05, 3.63) is 29.8 Å². The SMILES string of the molecule is CS(=O)(=O)c1ccccc1C(=O)N1CCC(C(=O)O)C1. The van der Waals surface area contributed by atoms with Crippen LogP contribution in [-0.4, -0.2) is 49.6 Å². The molecule has 6 nitrogen and oxygen atoms in total. The van der Waals surface area contributed by atoms with Crippen molar-refractivity contribution in [1.82, 2.24) is 4.90 Å². The Morgan fingerprint density at radius 2 is 1.95 bits per heavy atom. The molecule has 0 spiro atoms. The first kappa shape index (κ1) is 14.5. The molecule has 1 heterocycles. The molecule has 1 N–H and O–H groups in total. The van der Waals surface area contributed by atoms with Gasteiger partial charge in [-0.3, -0.25) is 9.59 Å². The van der Waals surface area contributed by atoms with Gasteiger partial charge in [0.15, 0.2) is 9.84 Å². The van der Waals surface area contributed by atoms with Gasteiger partial charge in [0.05, 0.1) is 16.4 Å². The number of carboxylic acid groups (broad SMARTS) is 1. The van der Waals surface area contributed by atoms with Gasteiger partial charge in [0.1, 0.15) is 0 Å². The quantitative estimate of drug-likeness (QED) is 0.883. The number of likely N-dealkylation sites (tertiary alicyclic amines) is 1. The number of hydrogen-bond acceptors (Lipinski definition) is 4. The first-order valence-corrected chi connectivity index (χ1v) is 8.01. The van der Waals surface area contributed by atoms with Gasteiger partial charge in [0.25, 0.3) is 5.91 Å². The largest absolute Gasteiger partial charge is 0.481 e. The van der Waals surface area contributed by atoms with Crippen molar-refractivity contribution in [3.8, 4) is 0 Å². The number of carbonyl (C=O) groups is 2. The summed E-state index contributed by atoms with van der Waals surface area (Å²) in [7, 11) is -3.50. The van der Waals surface area contributed by atoms with E-state index in [2.05, 4.69) is 0 Å². The van der Waals surface area contributed by atoms with E-state index >= 15 is 0 Å². The van der Waals surface area contributed by atoms with Crippen molar-refractivity contribution < 1.29 is 23.1 Å². The van der Waals surface area contributed by atoms with Gasteiger partial charge in [-0.25, -0.2) is 8.42 Å². The second-order valence-electron chi connectivity index (χ2n) is 4.84. The number of carbonyl (C=O) groups excluding carboxylic acids is 1. The van der Waals surface area contributed by atoms with E-state index < -0.39 is 27.6 Å². The van der Waals surface area contributed by atoms with Crippen LogP contribution < -0.4 is 0 Å². The van der Waals surface area contributed by atoms with E-state index in [0.717, 1.165) is 6.26 Å². The zero-order chi connectivity index (χ0) is 14.9. The normalized spacial score (nSPS) is 19.1. The number of aliphatic carboxylic acids is 1. The summed E-state index contributed by atoms with van der Waals surface area (Å²) in [5.41, 5.74) is 0.0982. The number of rotatable bonds is 3. The lowest BCUT2D eigenvalue weighted by Crippen LogP contribution is -2.31. The molecule has 2 rings (SSSR count). The van der Waals surface area contributed by atoms with Crippen LogP contribution >= 0.6 is 0 Å². The topological polar surface area (TPSA) is 91.8 Å². The standard InChI is InChI=1S/C13H15NO5S/c1-20(18,19)11-5-3-2-4-10(11)12(15)14-7-6-9(8-14)13(16)17/h2-5,9H,6-8H2,1H3,(H,16,17). The third-order valence-electron chi connectivity index (χ3n) is 3.34. The van der Waals surface area contributed by atoms with Crippen molar-refractivity contribution in [1.29, 1.82) is 0 Å². The molecule has 1 aromatic carbocycles. The second kappa shape index (κ2) is 5.24. The van der Waals surface area contributed by atoms with Crippen LogP contribution in [0.25, 0.3) is 0 Å². The number of benzene rings is 1. The third kappa shape index (κ3) is 2.82. The van der Waals surface area contributed by atoms with Crippen LogP contribution in [0.1, 0.15) is 16.8 Å². The second-order valence-corrected chi connectivity index (χ2v) is 6.83. The highest BCUT2D eigenvalue weighted by atomic mass is 32.2. The summed E-state index contributed by atoms with van der Waals surface area (Å²) in [5, 5.41) is 8.93. The van der Waals surface area contributed by atoms with Gasteiger partial charge in [0.2, 0.25) is 0 Å². The molecule has 0 saturated carbocycles. The summed E-state index contributed by atoms with van der Waals surface area (Å²) in [4.78, 5) is 24.6. The molecular formula is C13H15NO5S. The van der Waals surface area contributed by atoms with Gasteiger partial charge in [-0.1, -0.05) is 12.1 Å². The molecule has 1 aromatic rings. The molecule has 1 saturated heterocycles. The predicted molar refractivity (Wildman–Crippen MR) is 71.2 cm³/mol. The Bertz CT molecular complexity index is 652. The summed E-state index contributed by atoms with van der Waals surface area (Å²) in [6.07, 6.45) is 1.44. The molecule has 1 fully saturated rings. The highest BCUT2D eigenvalue weighted by Crippen LogP contribution is 2.22. The van der Waals surface area contributed by atoms with Gasteiger partial charge in [-0.05, 0) is 18.6 Å². The van der Waals surface area contributed by atoms with E-state index in [-0.39, 0.29) is 17.0 Å². The molecule has 0 bridgehead atoms. The molecule has 1 amide bonds. The van der Waals surface area contributed by atoms with Gasteiger partial charge in [0, 0.05) is 19.3 Å². The summed E-state index contributed by atoms with van der Waals surface area (Å²) in [6, 6.07) is 5.98. The number of nitrogens with zero attached hydrogens (tertiary/aromatic N) is 1. The van der Waals surface area contributed by atoms with Crippen molar-refractivity contribution in [3.63, 3.8) is 0 Å². The molecule has 0 radical (unpaired) electrons. The summed E-state index contributed by atoms with van der Waals surface area (Å²) in [5.74, 6) is -1.95. The number of amides is 1. The molecule has 0 aliphatic carbocycles. The first-order chi connectivity index (χ1) is 9.30. The molecular weight excluding hydrogens is 282 g/mol. The van der Waals surface area contributed by atoms with E-state index in [1.54, 1.807) is 12.1 Å². The Hall–Kier alpha value is -1.89. The molecule has 0 aromatic heterocycles.